The Balaban J connectivity index is 3.02. The van der Waals surface area contributed by atoms with Gasteiger partial charge in [0.05, 0.1) is 11.3 Å². The van der Waals surface area contributed by atoms with Crippen LogP contribution >= 0.6 is 0 Å². The predicted molar refractivity (Wildman–Crippen MR) is 77.0 cm³/mol. The number of nitrogens with zero attached hydrogens (tertiary/aromatic N) is 1. The number of aliphatic hydroxyl groups is 1. The topological polar surface area (TPSA) is 74.7 Å². The zero-order chi connectivity index (χ0) is 16.0. The maximum Gasteiger partial charge on any atom is 0.254 e. The van der Waals surface area contributed by atoms with E-state index in [1.807, 2.05) is 0 Å². The molecule has 114 valence electrons. The van der Waals surface area contributed by atoms with Gasteiger partial charge in [-0.1, -0.05) is 11.8 Å². The van der Waals surface area contributed by atoms with E-state index < -0.39 is 21.6 Å². The van der Waals surface area contributed by atoms with Gasteiger partial charge in [0.2, 0.25) is 0 Å². The van der Waals surface area contributed by atoms with E-state index in [-0.39, 0.29) is 30.0 Å². The minimum Gasteiger partial charge on any atom is -0.384 e. The zero-order valence-electron chi connectivity index (χ0n) is 11.8. The fourth-order valence-corrected chi connectivity index (χ4v) is 2.15. The molecule has 21 heavy (non-hydrogen) atoms. The summed E-state index contributed by atoms with van der Waals surface area (Å²) in [7, 11) is -1.76. The van der Waals surface area contributed by atoms with E-state index in [9.17, 15) is 17.6 Å². The van der Waals surface area contributed by atoms with Crippen molar-refractivity contribution in [1.82, 2.24) is 4.90 Å². The van der Waals surface area contributed by atoms with Crippen LogP contribution in [0, 0.1) is 17.7 Å². The SMILES string of the molecule is CN(CCS(C)(=O)=O)C(=O)c1cc(F)ccc1C#CCO. The number of rotatable bonds is 4. The number of benzene rings is 1. The van der Waals surface area contributed by atoms with E-state index in [1.165, 1.54) is 18.0 Å². The Bertz CT molecular complexity index is 689. The highest BCUT2D eigenvalue weighted by Gasteiger charge is 2.17. The fraction of sp³-hybridized carbons (Fsp3) is 0.357. The average Bonchev–Trinajstić information content (AvgIpc) is 2.41. The van der Waals surface area contributed by atoms with E-state index >= 15 is 0 Å². The van der Waals surface area contributed by atoms with Crippen LogP contribution in [0.2, 0.25) is 0 Å². The Morgan fingerprint density at radius 2 is 2.10 bits per heavy atom. The molecule has 0 saturated carbocycles. The number of hydrogen-bond acceptors (Lipinski definition) is 4. The number of carbonyl (C=O) groups excluding carboxylic acids is 1. The summed E-state index contributed by atoms with van der Waals surface area (Å²) in [6.07, 6.45) is 1.08. The summed E-state index contributed by atoms with van der Waals surface area (Å²) in [5.41, 5.74) is 0.314. The molecule has 0 bridgehead atoms. The molecule has 0 unspecified atom stereocenters. The number of halogens is 1. The van der Waals surface area contributed by atoms with Crippen molar-refractivity contribution < 1.29 is 22.7 Å². The van der Waals surface area contributed by atoms with Crippen molar-refractivity contribution in [3.63, 3.8) is 0 Å². The number of hydrogen-bond donors (Lipinski definition) is 1. The first-order chi connectivity index (χ1) is 9.74. The average molecular weight is 313 g/mol. The Labute approximate surface area is 123 Å². The zero-order valence-corrected chi connectivity index (χ0v) is 12.6. The van der Waals surface area contributed by atoms with Gasteiger partial charge in [0.15, 0.2) is 0 Å². The van der Waals surface area contributed by atoms with Gasteiger partial charge in [0.1, 0.15) is 22.3 Å². The summed E-state index contributed by atoms with van der Waals surface area (Å²) in [5, 5.41) is 8.68. The lowest BCUT2D eigenvalue weighted by atomic mass is 10.1. The van der Waals surface area contributed by atoms with Gasteiger partial charge >= 0.3 is 0 Å². The largest absolute Gasteiger partial charge is 0.384 e. The predicted octanol–water partition coefficient (Wildman–Crippen LogP) is 0.286. The number of carbonyl (C=O) groups is 1. The minimum atomic E-state index is -3.20. The van der Waals surface area contributed by atoms with Crippen LogP contribution in [-0.4, -0.2) is 56.5 Å². The molecular formula is C14H16FNO4S. The summed E-state index contributed by atoms with van der Waals surface area (Å²) >= 11 is 0. The molecule has 0 heterocycles. The van der Waals surface area contributed by atoms with Crippen molar-refractivity contribution in [2.75, 3.05) is 32.2 Å². The third-order valence-electron chi connectivity index (χ3n) is 2.66. The molecule has 7 heteroatoms. The summed E-state index contributed by atoms with van der Waals surface area (Å²) in [6.45, 7) is -0.379. The van der Waals surface area contributed by atoms with Gasteiger partial charge < -0.3 is 10.0 Å². The van der Waals surface area contributed by atoms with Crippen LogP contribution in [0.3, 0.4) is 0 Å². The monoisotopic (exact) mass is 313 g/mol. The molecule has 0 spiro atoms. The normalized spacial score (nSPS) is 10.7. The van der Waals surface area contributed by atoms with E-state index in [0.717, 1.165) is 18.4 Å². The van der Waals surface area contributed by atoms with Crippen molar-refractivity contribution in [2.24, 2.45) is 0 Å². The smallest absolute Gasteiger partial charge is 0.254 e. The molecule has 1 amide bonds. The van der Waals surface area contributed by atoms with E-state index in [4.69, 9.17) is 5.11 Å². The highest BCUT2D eigenvalue weighted by molar-refractivity contribution is 7.90. The molecule has 0 aliphatic rings. The lowest BCUT2D eigenvalue weighted by Gasteiger charge is -2.17. The van der Waals surface area contributed by atoms with Crippen LogP contribution in [-0.2, 0) is 9.84 Å². The van der Waals surface area contributed by atoms with Gasteiger partial charge in [0.25, 0.3) is 5.91 Å². The lowest BCUT2D eigenvalue weighted by molar-refractivity contribution is 0.0802. The summed E-state index contributed by atoms with van der Waals surface area (Å²) in [5.74, 6) is 3.66. The molecule has 0 saturated heterocycles. The maximum absolute atomic E-state index is 13.3. The Morgan fingerprint density at radius 3 is 2.67 bits per heavy atom. The molecule has 0 radical (unpaired) electrons. The van der Waals surface area contributed by atoms with Gasteiger partial charge in [-0.2, -0.15) is 0 Å². The first kappa shape index (κ1) is 17.1. The summed E-state index contributed by atoms with van der Waals surface area (Å²) < 4.78 is 35.5. The summed E-state index contributed by atoms with van der Waals surface area (Å²) in [6, 6.07) is 3.55. The molecule has 1 aromatic carbocycles. The number of sulfone groups is 1. The molecular weight excluding hydrogens is 297 g/mol. The van der Waals surface area contributed by atoms with E-state index in [0.29, 0.717) is 0 Å². The van der Waals surface area contributed by atoms with Crippen molar-refractivity contribution in [3.05, 3.63) is 35.1 Å². The van der Waals surface area contributed by atoms with Crippen LogP contribution in [0.4, 0.5) is 4.39 Å². The number of aliphatic hydroxyl groups excluding tert-OH is 1. The maximum atomic E-state index is 13.3. The van der Waals surface area contributed by atoms with Gasteiger partial charge in [-0.05, 0) is 18.2 Å². The Hall–Kier alpha value is -1.91. The van der Waals surface area contributed by atoms with Gasteiger partial charge in [-0.15, -0.1) is 0 Å². The molecule has 0 atom stereocenters. The highest BCUT2D eigenvalue weighted by atomic mass is 32.2. The van der Waals surface area contributed by atoms with Crippen LogP contribution in [0.15, 0.2) is 18.2 Å². The Kier molecular flexibility index (Phi) is 5.88. The van der Waals surface area contributed by atoms with Crippen LogP contribution in [0.1, 0.15) is 15.9 Å². The molecule has 1 aromatic rings. The first-order valence-corrected chi connectivity index (χ1v) is 8.13. The van der Waals surface area contributed by atoms with Gasteiger partial charge in [-0.3, -0.25) is 4.79 Å². The van der Waals surface area contributed by atoms with E-state index in [2.05, 4.69) is 11.8 Å². The molecule has 0 aromatic heterocycles. The molecule has 5 nitrogen and oxygen atoms in total. The standard InChI is InChI=1S/C14H16FNO4S/c1-16(7-9-21(2,19)20)14(18)13-10-12(15)6-5-11(13)4-3-8-17/h5-6,10,17H,7-9H2,1-2H3. The van der Waals surface area contributed by atoms with Crippen molar-refractivity contribution >= 4 is 15.7 Å². The van der Waals surface area contributed by atoms with Gasteiger partial charge in [0, 0.05) is 25.4 Å². The van der Waals surface area contributed by atoms with Crippen LogP contribution in [0.25, 0.3) is 0 Å². The number of amides is 1. The summed E-state index contributed by atoms with van der Waals surface area (Å²) in [4.78, 5) is 13.4. The van der Waals surface area contributed by atoms with Crippen molar-refractivity contribution in [3.8, 4) is 11.8 Å². The second kappa shape index (κ2) is 7.20. The molecule has 1 N–H and O–H groups in total. The Morgan fingerprint density at radius 1 is 1.43 bits per heavy atom. The second-order valence-corrected chi connectivity index (χ2v) is 6.77. The van der Waals surface area contributed by atoms with Crippen molar-refractivity contribution in [2.45, 2.75) is 0 Å². The van der Waals surface area contributed by atoms with Gasteiger partial charge in [-0.25, -0.2) is 12.8 Å². The minimum absolute atomic E-state index is 0.00104. The van der Waals surface area contributed by atoms with Crippen LogP contribution in [0.5, 0.6) is 0 Å². The van der Waals surface area contributed by atoms with E-state index in [1.54, 1.807) is 0 Å². The first-order valence-electron chi connectivity index (χ1n) is 6.07. The van der Waals surface area contributed by atoms with Crippen molar-refractivity contribution in [1.29, 1.82) is 0 Å². The van der Waals surface area contributed by atoms with Crippen LogP contribution < -0.4 is 0 Å². The fourth-order valence-electron chi connectivity index (χ4n) is 1.55. The molecule has 0 fully saturated rings. The second-order valence-electron chi connectivity index (χ2n) is 4.51. The third-order valence-corrected chi connectivity index (χ3v) is 3.58. The molecule has 1 rings (SSSR count). The highest BCUT2D eigenvalue weighted by Crippen LogP contribution is 2.13. The quantitative estimate of drug-likeness (QED) is 0.811. The third kappa shape index (κ3) is 5.53. The lowest BCUT2D eigenvalue weighted by Crippen LogP contribution is -2.32. The molecule has 0 aliphatic carbocycles. The molecule has 0 aliphatic heterocycles.